The molecule has 90 valence electrons. The number of nitrogen functional groups attached to an aromatic ring is 1. The van der Waals surface area contributed by atoms with Crippen LogP contribution in [0, 0.1) is 0 Å². The van der Waals surface area contributed by atoms with Crippen LogP contribution in [0.1, 0.15) is 12.5 Å². The summed E-state index contributed by atoms with van der Waals surface area (Å²) in [4.78, 5) is 11.1. The van der Waals surface area contributed by atoms with Crippen LogP contribution in [-0.4, -0.2) is 45.2 Å². The quantitative estimate of drug-likeness (QED) is 0.471. The number of hydrogen-bond donors (Lipinski definition) is 4. The second kappa shape index (κ2) is 5.47. The summed E-state index contributed by atoms with van der Waals surface area (Å²) >= 11 is 0. The smallest absolute Gasteiger partial charge is 0.337 e. The number of anilines is 1. The standard InChI is InChI=1S/C9H15N3O4/c1-2-16-9(15)7(14)6(13)3-5-4-11-12-8(5)10/h4,6-7,13-14H,2-3H2,1H3,(H3,10,11,12). The Labute approximate surface area is 92.2 Å². The van der Waals surface area contributed by atoms with E-state index in [2.05, 4.69) is 14.9 Å². The number of rotatable bonds is 5. The lowest BCUT2D eigenvalue weighted by Crippen LogP contribution is -2.36. The number of nitrogens with zero attached hydrogens (tertiary/aromatic N) is 1. The fourth-order valence-electron chi connectivity index (χ4n) is 1.21. The van der Waals surface area contributed by atoms with Gasteiger partial charge in [-0.3, -0.25) is 5.10 Å². The van der Waals surface area contributed by atoms with Crippen molar-refractivity contribution in [1.29, 1.82) is 0 Å². The molecule has 0 bridgehead atoms. The van der Waals surface area contributed by atoms with Crippen molar-refractivity contribution in [2.24, 2.45) is 0 Å². The van der Waals surface area contributed by atoms with Gasteiger partial charge in [-0.25, -0.2) is 4.79 Å². The molecule has 0 aliphatic heterocycles. The lowest BCUT2D eigenvalue weighted by atomic mass is 10.1. The van der Waals surface area contributed by atoms with Gasteiger partial charge in [0.1, 0.15) is 5.82 Å². The third-order valence-corrected chi connectivity index (χ3v) is 2.07. The van der Waals surface area contributed by atoms with Crippen molar-refractivity contribution >= 4 is 11.8 Å². The first kappa shape index (κ1) is 12.5. The van der Waals surface area contributed by atoms with E-state index in [9.17, 15) is 15.0 Å². The van der Waals surface area contributed by atoms with E-state index in [1.54, 1.807) is 6.92 Å². The molecule has 0 spiro atoms. The number of aliphatic hydroxyl groups excluding tert-OH is 2. The zero-order valence-electron chi connectivity index (χ0n) is 8.88. The number of aromatic amines is 1. The first-order valence-electron chi connectivity index (χ1n) is 4.86. The van der Waals surface area contributed by atoms with Crippen molar-refractivity contribution in [3.05, 3.63) is 11.8 Å². The van der Waals surface area contributed by atoms with Crippen molar-refractivity contribution in [3.8, 4) is 0 Å². The van der Waals surface area contributed by atoms with Crippen molar-refractivity contribution < 1.29 is 19.7 Å². The molecule has 0 saturated heterocycles. The van der Waals surface area contributed by atoms with Gasteiger partial charge in [0.2, 0.25) is 0 Å². The highest BCUT2D eigenvalue weighted by atomic mass is 16.5. The van der Waals surface area contributed by atoms with E-state index in [0.29, 0.717) is 11.4 Å². The number of esters is 1. The SMILES string of the molecule is CCOC(=O)C(O)C(O)Cc1cn[nH]c1N. The van der Waals surface area contributed by atoms with Crippen molar-refractivity contribution in [2.45, 2.75) is 25.6 Å². The average Bonchev–Trinajstić information content (AvgIpc) is 2.63. The largest absolute Gasteiger partial charge is 0.464 e. The first-order chi connectivity index (χ1) is 7.56. The summed E-state index contributed by atoms with van der Waals surface area (Å²) in [6.07, 6.45) is -1.38. The summed E-state index contributed by atoms with van der Waals surface area (Å²) in [5.41, 5.74) is 6.03. The Bertz CT molecular complexity index is 352. The van der Waals surface area contributed by atoms with Gasteiger partial charge in [0.05, 0.1) is 18.9 Å². The Morgan fingerprint density at radius 3 is 2.88 bits per heavy atom. The molecule has 0 saturated carbocycles. The maximum atomic E-state index is 11.1. The molecule has 1 aromatic rings. The number of aromatic nitrogens is 2. The summed E-state index contributed by atoms with van der Waals surface area (Å²) in [5, 5.41) is 25.1. The lowest BCUT2D eigenvalue weighted by Gasteiger charge is -2.15. The molecule has 2 unspecified atom stereocenters. The Balaban J connectivity index is 2.55. The third kappa shape index (κ3) is 2.94. The molecular weight excluding hydrogens is 214 g/mol. The third-order valence-electron chi connectivity index (χ3n) is 2.07. The van der Waals surface area contributed by atoms with Crippen LogP contribution in [0.15, 0.2) is 6.20 Å². The van der Waals surface area contributed by atoms with Crippen LogP contribution in [0.5, 0.6) is 0 Å². The fraction of sp³-hybridized carbons (Fsp3) is 0.556. The number of carbonyl (C=O) groups is 1. The van der Waals surface area contributed by atoms with E-state index in [-0.39, 0.29) is 13.0 Å². The van der Waals surface area contributed by atoms with Crippen LogP contribution in [0.3, 0.4) is 0 Å². The molecule has 1 rings (SSSR count). The number of ether oxygens (including phenoxy) is 1. The molecule has 2 atom stereocenters. The topological polar surface area (TPSA) is 121 Å². The van der Waals surface area contributed by atoms with E-state index in [1.165, 1.54) is 6.20 Å². The molecule has 7 nitrogen and oxygen atoms in total. The minimum Gasteiger partial charge on any atom is -0.464 e. The molecule has 0 radical (unpaired) electrons. The van der Waals surface area contributed by atoms with Crippen LogP contribution in [0.25, 0.3) is 0 Å². The van der Waals surface area contributed by atoms with Crippen molar-refractivity contribution in [3.63, 3.8) is 0 Å². The molecule has 0 aromatic carbocycles. The van der Waals surface area contributed by atoms with Gasteiger partial charge in [0, 0.05) is 12.0 Å². The van der Waals surface area contributed by atoms with Crippen LogP contribution in [0.4, 0.5) is 5.82 Å². The zero-order valence-corrected chi connectivity index (χ0v) is 8.88. The van der Waals surface area contributed by atoms with Crippen LogP contribution in [-0.2, 0) is 16.0 Å². The molecule has 0 aliphatic rings. The number of carbonyl (C=O) groups excluding carboxylic acids is 1. The van der Waals surface area contributed by atoms with Gasteiger partial charge in [-0.15, -0.1) is 0 Å². The highest BCUT2D eigenvalue weighted by molar-refractivity contribution is 5.75. The van der Waals surface area contributed by atoms with E-state index >= 15 is 0 Å². The molecule has 7 heteroatoms. The second-order valence-corrected chi connectivity index (χ2v) is 3.28. The van der Waals surface area contributed by atoms with E-state index in [1.807, 2.05) is 0 Å². The Morgan fingerprint density at radius 2 is 2.38 bits per heavy atom. The molecule has 5 N–H and O–H groups in total. The van der Waals surface area contributed by atoms with Crippen LogP contribution >= 0.6 is 0 Å². The molecule has 0 fully saturated rings. The number of nitrogens with one attached hydrogen (secondary N) is 1. The van der Waals surface area contributed by atoms with Crippen LogP contribution in [0.2, 0.25) is 0 Å². The minimum atomic E-state index is -1.57. The van der Waals surface area contributed by atoms with Gasteiger partial charge in [-0.2, -0.15) is 5.10 Å². The second-order valence-electron chi connectivity index (χ2n) is 3.28. The normalized spacial score (nSPS) is 14.4. The van der Waals surface area contributed by atoms with Crippen LogP contribution < -0.4 is 5.73 Å². The number of aliphatic hydroxyl groups is 2. The monoisotopic (exact) mass is 229 g/mol. The summed E-state index contributed by atoms with van der Waals surface area (Å²) < 4.78 is 4.57. The van der Waals surface area contributed by atoms with Crippen molar-refractivity contribution in [1.82, 2.24) is 10.2 Å². The highest BCUT2D eigenvalue weighted by Gasteiger charge is 2.26. The van der Waals surface area contributed by atoms with E-state index in [4.69, 9.17) is 5.73 Å². The van der Waals surface area contributed by atoms with E-state index < -0.39 is 18.2 Å². The molecule has 1 aromatic heterocycles. The maximum absolute atomic E-state index is 11.1. The van der Waals surface area contributed by atoms with E-state index in [0.717, 1.165) is 0 Å². The molecule has 0 amide bonds. The predicted molar refractivity (Wildman–Crippen MR) is 55.4 cm³/mol. The maximum Gasteiger partial charge on any atom is 0.337 e. The zero-order chi connectivity index (χ0) is 12.1. The van der Waals surface area contributed by atoms with Gasteiger partial charge < -0.3 is 20.7 Å². The summed E-state index contributed by atoms with van der Waals surface area (Å²) in [6.45, 7) is 1.77. The Hall–Kier alpha value is -1.60. The molecule has 16 heavy (non-hydrogen) atoms. The Kier molecular flexibility index (Phi) is 4.27. The summed E-state index contributed by atoms with van der Waals surface area (Å²) in [6, 6.07) is 0. The van der Waals surface area contributed by atoms with Gasteiger partial charge in [-0.05, 0) is 6.92 Å². The summed E-state index contributed by atoms with van der Waals surface area (Å²) in [7, 11) is 0. The van der Waals surface area contributed by atoms with Gasteiger partial charge >= 0.3 is 5.97 Å². The minimum absolute atomic E-state index is 0.0301. The lowest BCUT2D eigenvalue weighted by molar-refractivity contribution is -0.159. The number of H-pyrrole nitrogens is 1. The molecule has 0 aliphatic carbocycles. The van der Waals surface area contributed by atoms with Gasteiger partial charge in [0.25, 0.3) is 0 Å². The number of hydrogen-bond acceptors (Lipinski definition) is 6. The van der Waals surface area contributed by atoms with Crippen molar-refractivity contribution in [2.75, 3.05) is 12.3 Å². The van der Waals surface area contributed by atoms with Gasteiger partial charge in [-0.1, -0.05) is 0 Å². The fourth-order valence-corrected chi connectivity index (χ4v) is 1.21. The first-order valence-corrected chi connectivity index (χ1v) is 4.86. The predicted octanol–water partition coefficient (Wildman–Crippen LogP) is -1.18. The molecular formula is C9H15N3O4. The van der Waals surface area contributed by atoms with Gasteiger partial charge in [0.15, 0.2) is 6.10 Å². The summed E-state index contributed by atoms with van der Waals surface area (Å²) in [5.74, 6) is -0.549. The Morgan fingerprint density at radius 1 is 1.69 bits per heavy atom. The number of nitrogens with two attached hydrogens (primary N) is 1. The average molecular weight is 229 g/mol. The molecule has 1 heterocycles. The highest BCUT2D eigenvalue weighted by Crippen LogP contribution is 2.11.